The lowest BCUT2D eigenvalue weighted by atomic mass is 10.0. The van der Waals surface area contributed by atoms with Crippen LogP contribution in [-0.4, -0.2) is 83.7 Å². The van der Waals surface area contributed by atoms with E-state index in [1.807, 2.05) is 30.4 Å². The van der Waals surface area contributed by atoms with Crippen molar-refractivity contribution in [2.24, 2.45) is 5.92 Å². The lowest BCUT2D eigenvalue weighted by Crippen LogP contribution is -2.58. The number of carbonyl (C=O) groups excluding carboxylic acids is 4. The third-order valence-corrected chi connectivity index (χ3v) is 14.0. The number of ether oxygens (including phenoxy) is 2. The van der Waals surface area contributed by atoms with Crippen LogP contribution in [0.4, 0.5) is 9.18 Å². The summed E-state index contributed by atoms with van der Waals surface area (Å²) in [6, 6.07) is 9.21. The molecule has 5 aliphatic rings. The van der Waals surface area contributed by atoms with Crippen molar-refractivity contribution in [1.82, 2.24) is 25.2 Å². The summed E-state index contributed by atoms with van der Waals surface area (Å²) in [6.45, 7) is -0.0852. The second-order valence-corrected chi connectivity index (χ2v) is 18.3. The highest BCUT2D eigenvalue weighted by molar-refractivity contribution is 7.91. The van der Waals surface area contributed by atoms with Gasteiger partial charge in [-0.1, -0.05) is 37.1 Å². The molecule has 3 saturated carbocycles. The Labute approximate surface area is 334 Å². The first kappa shape index (κ1) is 38.3. The SMILES string of the molecule is O=C(N[C@H]1CCCCC/C=C\[C@@H]2C[C@@]2(C(=O)NS(=O)(=O)C2CC2)NC(=O)[C@@H]2C[C@@H](Oc3c4ccc(F)cc4nc4c3oc3ccccc34)CN2C1=O)OC1CCCC1. The average molecular weight is 816 g/mol. The number of fused-ring (bicyclic) bond motifs is 6. The van der Waals surface area contributed by atoms with Gasteiger partial charge in [0.25, 0.3) is 5.91 Å². The highest BCUT2D eigenvalue weighted by atomic mass is 32.2. The molecular weight excluding hydrogens is 770 g/mol. The maximum absolute atomic E-state index is 14.7. The number of para-hydroxylation sites is 1. The van der Waals surface area contributed by atoms with Crippen LogP contribution in [0.3, 0.4) is 0 Å². The molecule has 2 aliphatic heterocycles. The Balaban J connectivity index is 1.06. The summed E-state index contributed by atoms with van der Waals surface area (Å²) < 4.78 is 61.3. The van der Waals surface area contributed by atoms with Gasteiger partial charge < -0.3 is 29.4 Å². The smallest absolute Gasteiger partial charge is 0.408 e. The van der Waals surface area contributed by atoms with Crippen LogP contribution in [0.25, 0.3) is 33.0 Å². The largest absolute Gasteiger partial charge is 0.484 e. The predicted molar refractivity (Wildman–Crippen MR) is 210 cm³/mol. The molecule has 2 aromatic carbocycles. The first-order valence-corrected chi connectivity index (χ1v) is 21.9. The first-order valence-electron chi connectivity index (χ1n) is 20.4. The number of pyridine rings is 1. The predicted octanol–water partition coefficient (Wildman–Crippen LogP) is 5.66. The minimum atomic E-state index is -3.93. The molecule has 14 nitrogen and oxygen atoms in total. The Morgan fingerprint density at radius 2 is 1.76 bits per heavy atom. The van der Waals surface area contributed by atoms with Crippen LogP contribution >= 0.6 is 0 Å². The molecule has 0 bridgehead atoms. The van der Waals surface area contributed by atoms with Gasteiger partial charge in [0.05, 0.1) is 17.3 Å². The van der Waals surface area contributed by atoms with E-state index in [1.54, 1.807) is 12.1 Å². The molecule has 5 atom stereocenters. The van der Waals surface area contributed by atoms with Crippen molar-refractivity contribution in [2.45, 2.75) is 119 Å². The van der Waals surface area contributed by atoms with E-state index in [0.717, 1.165) is 38.5 Å². The molecule has 9 rings (SSSR count). The molecule has 0 radical (unpaired) electrons. The Morgan fingerprint density at radius 1 is 0.966 bits per heavy atom. The summed E-state index contributed by atoms with van der Waals surface area (Å²) >= 11 is 0. The van der Waals surface area contributed by atoms with Crippen molar-refractivity contribution >= 4 is 66.8 Å². The number of benzene rings is 2. The molecule has 16 heteroatoms. The number of nitrogens with one attached hydrogen (secondary N) is 3. The molecule has 4 aromatic rings. The molecule has 306 valence electrons. The summed E-state index contributed by atoms with van der Waals surface area (Å²) in [5.74, 6) is -2.67. The van der Waals surface area contributed by atoms with Gasteiger partial charge in [-0.15, -0.1) is 0 Å². The summed E-state index contributed by atoms with van der Waals surface area (Å²) in [6.07, 6.45) is 9.64. The monoisotopic (exact) mass is 815 g/mol. The minimum absolute atomic E-state index is 0.0257. The molecule has 0 unspecified atom stereocenters. The maximum atomic E-state index is 14.7. The number of nitrogens with zero attached hydrogens (tertiary/aromatic N) is 2. The van der Waals surface area contributed by atoms with Gasteiger partial charge >= 0.3 is 6.09 Å². The van der Waals surface area contributed by atoms with Crippen LogP contribution in [-0.2, 0) is 29.1 Å². The maximum Gasteiger partial charge on any atom is 0.408 e. The van der Waals surface area contributed by atoms with Gasteiger partial charge in [-0.3, -0.25) is 19.1 Å². The summed E-state index contributed by atoms with van der Waals surface area (Å²) in [7, 11) is -3.93. The molecule has 4 fully saturated rings. The Hall–Kier alpha value is -5.25. The van der Waals surface area contributed by atoms with E-state index >= 15 is 0 Å². The molecular formula is C42H46FN5O9S. The number of hydrogen-bond donors (Lipinski definition) is 3. The number of aromatic nitrogens is 1. The van der Waals surface area contributed by atoms with Crippen molar-refractivity contribution in [2.75, 3.05) is 6.54 Å². The van der Waals surface area contributed by atoms with Crippen LogP contribution in [0.1, 0.15) is 83.5 Å². The highest BCUT2D eigenvalue weighted by Gasteiger charge is 2.62. The Morgan fingerprint density at radius 3 is 2.57 bits per heavy atom. The van der Waals surface area contributed by atoms with Crippen molar-refractivity contribution < 1.29 is 45.9 Å². The van der Waals surface area contributed by atoms with Crippen LogP contribution in [0.5, 0.6) is 5.75 Å². The van der Waals surface area contributed by atoms with E-state index in [-0.39, 0.29) is 31.2 Å². The van der Waals surface area contributed by atoms with E-state index in [9.17, 15) is 32.0 Å². The number of halogens is 1. The van der Waals surface area contributed by atoms with Crippen molar-refractivity contribution in [3.63, 3.8) is 0 Å². The number of hydrogen-bond acceptors (Lipinski definition) is 10. The number of carbonyl (C=O) groups is 4. The summed E-state index contributed by atoms with van der Waals surface area (Å²) in [5.41, 5.74) is 0.0886. The molecule has 3 aliphatic carbocycles. The topological polar surface area (TPSA) is 186 Å². The van der Waals surface area contributed by atoms with Gasteiger partial charge in [0.1, 0.15) is 46.7 Å². The Bertz CT molecular complexity index is 2440. The van der Waals surface area contributed by atoms with E-state index in [0.29, 0.717) is 65.1 Å². The molecule has 2 aromatic heterocycles. The van der Waals surface area contributed by atoms with Crippen LogP contribution in [0.15, 0.2) is 59.0 Å². The zero-order valence-corrected chi connectivity index (χ0v) is 32.7. The first-order chi connectivity index (χ1) is 28.0. The number of sulfonamides is 1. The molecule has 58 heavy (non-hydrogen) atoms. The summed E-state index contributed by atoms with van der Waals surface area (Å²) in [5, 5.41) is 6.19. The van der Waals surface area contributed by atoms with Crippen molar-refractivity contribution in [1.29, 1.82) is 0 Å². The van der Waals surface area contributed by atoms with E-state index < -0.39 is 74.5 Å². The molecule has 4 amide bonds. The van der Waals surface area contributed by atoms with Gasteiger partial charge in [0.2, 0.25) is 21.8 Å². The van der Waals surface area contributed by atoms with Crippen LogP contribution in [0, 0.1) is 11.7 Å². The van der Waals surface area contributed by atoms with Gasteiger partial charge in [0.15, 0.2) is 11.3 Å². The highest BCUT2D eigenvalue weighted by Crippen LogP contribution is 2.46. The van der Waals surface area contributed by atoms with Gasteiger partial charge in [-0.05, 0) is 88.5 Å². The average Bonchev–Trinajstić information content (AvgIpc) is 4.01. The second kappa shape index (κ2) is 15.2. The second-order valence-electron chi connectivity index (χ2n) is 16.4. The van der Waals surface area contributed by atoms with E-state index in [4.69, 9.17) is 18.9 Å². The third kappa shape index (κ3) is 7.46. The van der Waals surface area contributed by atoms with Crippen LogP contribution in [0.2, 0.25) is 0 Å². The fourth-order valence-electron chi connectivity index (χ4n) is 8.79. The number of allylic oxidation sites excluding steroid dienone is 1. The molecule has 0 spiro atoms. The molecule has 1 saturated heterocycles. The number of alkyl carbamates (subject to hydrolysis) is 1. The summed E-state index contributed by atoms with van der Waals surface area (Å²) in [4.78, 5) is 62.4. The Kier molecular flexibility index (Phi) is 10.0. The van der Waals surface area contributed by atoms with E-state index in [1.165, 1.54) is 17.0 Å². The number of rotatable bonds is 7. The van der Waals surface area contributed by atoms with E-state index in [2.05, 4.69) is 15.4 Å². The normalized spacial score (nSPS) is 27.6. The van der Waals surface area contributed by atoms with Gasteiger partial charge in [-0.2, -0.15) is 0 Å². The fraction of sp³-hybridized carbons (Fsp3) is 0.500. The van der Waals surface area contributed by atoms with Gasteiger partial charge in [0, 0.05) is 29.2 Å². The lowest BCUT2D eigenvalue weighted by Gasteiger charge is -2.30. The molecule has 3 N–H and O–H groups in total. The number of furan rings is 1. The van der Waals surface area contributed by atoms with Gasteiger partial charge in [-0.25, -0.2) is 22.6 Å². The lowest BCUT2D eigenvalue weighted by molar-refractivity contribution is -0.141. The quantitative estimate of drug-likeness (QED) is 0.197. The minimum Gasteiger partial charge on any atom is -0.484 e. The molecule has 4 heterocycles. The third-order valence-electron chi connectivity index (χ3n) is 12.2. The fourth-order valence-corrected chi connectivity index (χ4v) is 10.2. The standard InChI is InChI=1S/C42H46FN5O9S/c43-25-16-19-29-32(20-25)44-35-30-13-8-9-15-34(30)57-37(35)36(29)55-27-21-33-38(49)46-42(40(51)47-58(53,54)28-17-18-28)22-24(42)10-4-2-1-3-5-14-31(39(50)48(33)23-27)45-41(52)56-26-11-6-7-12-26/h4,8-10,13,15-16,19-20,24,26-28,31,33H,1-3,5-7,11-12,14,17-18,21-23H2,(H,45,52)(H,46,49)(H,47,51)/b10-4-/t24-,27-,31+,33+,42-/m1/s1. The van der Waals surface area contributed by atoms with Crippen molar-refractivity contribution in [3.05, 3.63) is 60.4 Å². The number of amides is 4. The van der Waals surface area contributed by atoms with Crippen LogP contribution < -0.4 is 20.1 Å². The zero-order chi connectivity index (χ0) is 40.2. The zero-order valence-electron chi connectivity index (χ0n) is 31.9. The van der Waals surface area contributed by atoms with Crippen molar-refractivity contribution in [3.8, 4) is 5.75 Å².